The van der Waals surface area contributed by atoms with Crippen molar-refractivity contribution in [1.29, 1.82) is 0 Å². The maximum Gasteiger partial charge on any atom is 0.0503 e. The van der Waals surface area contributed by atoms with E-state index in [1.165, 1.54) is 0 Å². The van der Waals surface area contributed by atoms with Gasteiger partial charge in [-0.25, -0.2) is 0 Å². The third kappa shape index (κ3) is 3.90. The van der Waals surface area contributed by atoms with Crippen molar-refractivity contribution in [3.8, 4) is 0 Å². The summed E-state index contributed by atoms with van der Waals surface area (Å²) in [5, 5.41) is 0. The summed E-state index contributed by atoms with van der Waals surface area (Å²) in [6, 6.07) is 21.8. The predicted molar refractivity (Wildman–Crippen MR) is 110 cm³/mol. The fraction of sp³-hybridized carbons (Fsp3) is 0. The molecule has 0 saturated heterocycles. The quantitative estimate of drug-likeness (QED) is 0.477. The number of nitrogen functional groups attached to an aromatic ring is 3. The van der Waals surface area contributed by atoms with Gasteiger partial charge in [-0.05, 0) is 17.2 Å². The Morgan fingerprint density at radius 2 is 0.920 bits per heavy atom. The average molecular weight is 327 g/mol. The predicted octanol–water partition coefficient (Wildman–Crippen LogP) is 4.77. The van der Waals surface area contributed by atoms with Gasteiger partial charge in [0.1, 0.15) is 0 Å². The van der Waals surface area contributed by atoms with Crippen molar-refractivity contribution in [3.63, 3.8) is 0 Å². The molecule has 0 radical (unpaired) electrons. The highest BCUT2D eigenvalue weighted by Crippen LogP contribution is 2.32. The number of anilines is 3. The lowest BCUT2D eigenvalue weighted by molar-refractivity contribution is 1.58. The van der Waals surface area contributed by atoms with E-state index in [0.717, 1.165) is 22.3 Å². The number of hydrogen-bond donors (Lipinski definition) is 3. The second-order valence-electron chi connectivity index (χ2n) is 5.78. The highest BCUT2D eigenvalue weighted by Gasteiger charge is 2.09. The summed E-state index contributed by atoms with van der Waals surface area (Å²) in [7, 11) is 0. The van der Waals surface area contributed by atoms with Gasteiger partial charge in [-0.3, -0.25) is 0 Å². The van der Waals surface area contributed by atoms with Crippen molar-refractivity contribution < 1.29 is 0 Å². The summed E-state index contributed by atoms with van der Waals surface area (Å²) in [5.74, 6) is 0. The Morgan fingerprint density at radius 3 is 1.32 bits per heavy atom. The molecule has 0 aliphatic rings. The number of benzene rings is 3. The molecule has 3 heteroatoms. The SMILES string of the molecule is Nc1cc(N)c(C=Cc2ccccc2)c(N)c1C=Cc1ccccc1. The maximum atomic E-state index is 6.35. The van der Waals surface area contributed by atoms with E-state index in [4.69, 9.17) is 17.2 Å². The molecule has 0 fully saturated rings. The van der Waals surface area contributed by atoms with Gasteiger partial charge in [0, 0.05) is 22.5 Å². The fourth-order valence-corrected chi connectivity index (χ4v) is 2.64. The number of nitrogens with two attached hydrogens (primary N) is 3. The molecule has 3 aromatic carbocycles. The summed E-state index contributed by atoms with van der Waals surface area (Å²) in [4.78, 5) is 0. The van der Waals surface area contributed by atoms with E-state index in [9.17, 15) is 0 Å². The minimum absolute atomic E-state index is 0.569. The van der Waals surface area contributed by atoms with Crippen molar-refractivity contribution >= 4 is 41.4 Å². The Balaban J connectivity index is 1.97. The molecule has 0 unspecified atom stereocenters. The molecule has 3 aromatic rings. The normalized spacial score (nSPS) is 11.4. The summed E-state index contributed by atoms with van der Waals surface area (Å²) < 4.78 is 0. The van der Waals surface area contributed by atoms with Crippen molar-refractivity contribution in [2.24, 2.45) is 0 Å². The molecule has 0 atom stereocenters. The lowest BCUT2D eigenvalue weighted by Crippen LogP contribution is -2.02. The molecular weight excluding hydrogens is 306 g/mol. The first-order valence-electron chi connectivity index (χ1n) is 8.09. The minimum atomic E-state index is 0.569. The average Bonchev–Trinajstić information content (AvgIpc) is 2.63. The van der Waals surface area contributed by atoms with Crippen molar-refractivity contribution in [2.45, 2.75) is 0 Å². The molecule has 6 N–H and O–H groups in total. The van der Waals surface area contributed by atoms with Gasteiger partial charge in [-0.15, -0.1) is 0 Å². The number of rotatable bonds is 4. The first kappa shape index (κ1) is 16.4. The molecule has 0 saturated carbocycles. The Bertz CT molecular complexity index is 837. The molecule has 0 spiro atoms. The first-order valence-corrected chi connectivity index (χ1v) is 8.09. The van der Waals surface area contributed by atoms with Gasteiger partial charge in [0.15, 0.2) is 0 Å². The molecule has 25 heavy (non-hydrogen) atoms. The first-order chi connectivity index (χ1) is 12.1. The van der Waals surface area contributed by atoms with Crippen LogP contribution in [0.4, 0.5) is 17.1 Å². The zero-order chi connectivity index (χ0) is 17.6. The van der Waals surface area contributed by atoms with Gasteiger partial charge in [0.25, 0.3) is 0 Å². The molecule has 0 amide bonds. The van der Waals surface area contributed by atoms with Crippen LogP contribution in [-0.4, -0.2) is 0 Å². The Kier molecular flexibility index (Phi) is 4.86. The largest absolute Gasteiger partial charge is 0.398 e. The molecule has 0 bridgehead atoms. The van der Waals surface area contributed by atoms with E-state index >= 15 is 0 Å². The van der Waals surface area contributed by atoms with Crippen LogP contribution in [0.1, 0.15) is 22.3 Å². The van der Waals surface area contributed by atoms with Gasteiger partial charge in [-0.1, -0.05) is 85.0 Å². The molecule has 0 heterocycles. The summed E-state index contributed by atoms with van der Waals surface area (Å²) in [6.07, 6.45) is 7.84. The molecular formula is C22H21N3. The standard InChI is InChI=1S/C22H21N3/c23-20-15-21(24)19(14-12-17-9-5-2-6-10-17)22(25)18(20)13-11-16-7-3-1-4-8-16/h1-15H,23-25H2. The van der Waals surface area contributed by atoms with Crippen molar-refractivity contribution in [3.05, 3.63) is 89.0 Å². The summed E-state index contributed by atoms with van der Waals surface area (Å²) in [6.45, 7) is 0. The molecule has 3 rings (SSSR count). The van der Waals surface area contributed by atoms with Crippen LogP contribution in [0.15, 0.2) is 66.7 Å². The molecule has 3 nitrogen and oxygen atoms in total. The van der Waals surface area contributed by atoms with Crippen LogP contribution in [0.2, 0.25) is 0 Å². The Labute approximate surface area is 148 Å². The van der Waals surface area contributed by atoms with Crippen LogP contribution in [0, 0.1) is 0 Å². The van der Waals surface area contributed by atoms with Crippen molar-refractivity contribution in [2.75, 3.05) is 17.2 Å². The second kappa shape index (κ2) is 7.41. The number of hydrogen-bond acceptors (Lipinski definition) is 3. The van der Waals surface area contributed by atoms with E-state index in [1.54, 1.807) is 6.07 Å². The summed E-state index contributed by atoms with van der Waals surface area (Å²) in [5.41, 5.74) is 24.1. The lowest BCUT2D eigenvalue weighted by Gasteiger charge is -2.12. The highest BCUT2D eigenvalue weighted by molar-refractivity contribution is 5.93. The maximum absolute atomic E-state index is 6.35. The Morgan fingerprint density at radius 1 is 0.520 bits per heavy atom. The Hall–Kier alpha value is -3.46. The zero-order valence-corrected chi connectivity index (χ0v) is 13.9. The van der Waals surface area contributed by atoms with Crippen LogP contribution in [0.25, 0.3) is 24.3 Å². The van der Waals surface area contributed by atoms with Crippen LogP contribution < -0.4 is 17.2 Å². The highest BCUT2D eigenvalue weighted by atomic mass is 14.7. The van der Waals surface area contributed by atoms with E-state index in [0.29, 0.717) is 17.1 Å². The monoisotopic (exact) mass is 327 g/mol. The minimum Gasteiger partial charge on any atom is -0.398 e. The molecule has 0 aliphatic carbocycles. The van der Waals surface area contributed by atoms with E-state index in [1.807, 2.05) is 85.0 Å². The third-order valence-electron chi connectivity index (χ3n) is 4.00. The van der Waals surface area contributed by atoms with E-state index in [2.05, 4.69) is 0 Å². The van der Waals surface area contributed by atoms with Crippen LogP contribution in [-0.2, 0) is 0 Å². The van der Waals surface area contributed by atoms with Gasteiger partial charge >= 0.3 is 0 Å². The topological polar surface area (TPSA) is 78.1 Å². The smallest absolute Gasteiger partial charge is 0.0503 e. The molecule has 0 aromatic heterocycles. The van der Waals surface area contributed by atoms with Crippen LogP contribution in [0.3, 0.4) is 0 Å². The molecule has 124 valence electrons. The van der Waals surface area contributed by atoms with E-state index in [-0.39, 0.29) is 0 Å². The zero-order valence-electron chi connectivity index (χ0n) is 13.9. The van der Waals surface area contributed by atoms with E-state index < -0.39 is 0 Å². The van der Waals surface area contributed by atoms with Gasteiger partial charge in [-0.2, -0.15) is 0 Å². The lowest BCUT2D eigenvalue weighted by atomic mass is 10.0. The van der Waals surface area contributed by atoms with Gasteiger partial charge < -0.3 is 17.2 Å². The van der Waals surface area contributed by atoms with Crippen molar-refractivity contribution in [1.82, 2.24) is 0 Å². The molecule has 0 aliphatic heterocycles. The van der Waals surface area contributed by atoms with Gasteiger partial charge in [0.2, 0.25) is 0 Å². The fourth-order valence-electron chi connectivity index (χ4n) is 2.64. The van der Waals surface area contributed by atoms with Gasteiger partial charge in [0.05, 0.1) is 5.69 Å². The third-order valence-corrected chi connectivity index (χ3v) is 4.00. The second-order valence-corrected chi connectivity index (χ2v) is 5.78. The van der Waals surface area contributed by atoms with Crippen LogP contribution in [0.5, 0.6) is 0 Å². The van der Waals surface area contributed by atoms with Crippen LogP contribution >= 0.6 is 0 Å². The summed E-state index contributed by atoms with van der Waals surface area (Å²) >= 11 is 0.